The van der Waals surface area contributed by atoms with Crippen molar-refractivity contribution in [2.75, 3.05) is 0 Å². The summed E-state index contributed by atoms with van der Waals surface area (Å²) in [5, 5.41) is 9.30. The van der Waals surface area contributed by atoms with Gasteiger partial charge in [-0.25, -0.2) is 0 Å². The fourth-order valence-corrected chi connectivity index (χ4v) is 2.84. The Labute approximate surface area is 116 Å². The Bertz CT molecular complexity index is 418. The molecule has 0 spiro atoms. The van der Waals surface area contributed by atoms with Gasteiger partial charge in [-0.2, -0.15) is 0 Å². The lowest BCUT2D eigenvalue weighted by atomic mass is 9.95. The van der Waals surface area contributed by atoms with E-state index in [4.69, 9.17) is 0 Å². The summed E-state index contributed by atoms with van der Waals surface area (Å²) in [7, 11) is 0. The van der Waals surface area contributed by atoms with Crippen LogP contribution in [0.25, 0.3) is 0 Å². The molecule has 1 N–H and O–H groups in total. The van der Waals surface area contributed by atoms with Crippen LogP contribution in [0.2, 0.25) is 0 Å². The molecule has 1 fully saturated rings. The molecule has 0 aromatic heterocycles. The second kappa shape index (κ2) is 5.85. The minimum atomic E-state index is -0.696. The zero-order valence-corrected chi connectivity index (χ0v) is 12.1. The number of likely N-dealkylation sites (tertiary alicyclic amines) is 1. The van der Waals surface area contributed by atoms with Gasteiger partial charge >= 0.3 is 5.97 Å². The van der Waals surface area contributed by atoms with E-state index in [1.807, 2.05) is 24.3 Å². The van der Waals surface area contributed by atoms with Crippen molar-refractivity contribution >= 4 is 21.9 Å². The van der Waals surface area contributed by atoms with Crippen molar-refractivity contribution < 1.29 is 9.90 Å². The molecule has 1 aliphatic heterocycles. The van der Waals surface area contributed by atoms with E-state index < -0.39 is 5.97 Å². The molecule has 0 radical (unpaired) electrons. The number of carboxylic acids is 1. The number of aliphatic carboxylic acids is 1. The first-order valence-electron chi connectivity index (χ1n) is 6.31. The summed E-state index contributed by atoms with van der Waals surface area (Å²) in [5.74, 6) is -0.696. The van der Waals surface area contributed by atoms with Gasteiger partial charge in [-0.3, -0.25) is 9.69 Å². The van der Waals surface area contributed by atoms with Crippen molar-refractivity contribution in [1.29, 1.82) is 0 Å². The maximum Gasteiger partial charge on any atom is 0.320 e. The predicted molar refractivity (Wildman–Crippen MR) is 74.4 cm³/mol. The third-order valence-electron chi connectivity index (χ3n) is 3.63. The van der Waals surface area contributed by atoms with Crippen molar-refractivity contribution in [3.63, 3.8) is 0 Å². The van der Waals surface area contributed by atoms with E-state index in [-0.39, 0.29) is 6.04 Å². The second-order valence-corrected chi connectivity index (χ2v) is 5.85. The molecule has 1 saturated heterocycles. The highest BCUT2D eigenvalue weighted by molar-refractivity contribution is 9.10. The molecule has 0 aliphatic carbocycles. The van der Waals surface area contributed by atoms with Gasteiger partial charge < -0.3 is 5.11 Å². The van der Waals surface area contributed by atoms with Crippen molar-refractivity contribution in [3.8, 4) is 0 Å². The number of halogens is 1. The second-order valence-electron chi connectivity index (χ2n) is 4.93. The number of nitrogens with zero attached hydrogens (tertiary/aromatic N) is 1. The number of carboxylic acid groups (broad SMARTS) is 1. The normalized spacial score (nSPS) is 25.0. The zero-order chi connectivity index (χ0) is 13.1. The molecule has 1 heterocycles. The van der Waals surface area contributed by atoms with Crippen LogP contribution in [0, 0.1) is 0 Å². The van der Waals surface area contributed by atoms with Crippen molar-refractivity contribution in [3.05, 3.63) is 34.3 Å². The third-order valence-corrected chi connectivity index (χ3v) is 4.16. The van der Waals surface area contributed by atoms with Gasteiger partial charge in [0.15, 0.2) is 0 Å². The Balaban J connectivity index is 2.13. The Morgan fingerprint density at radius 3 is 2.67 bits per heavy atom. The first kappa shape index (κ1) is 13.6. The fourth-order valence-electron chi connectivity index (χ4n) is 2.58. The quantitative estimate of drug-likeness (QED) is 0.931. The summed E-state index contributed by atoms with van der Waals surface area (Å²) in [6.45, 7) is 2.83. The van der Waals surface area contributed by atoms with Gasteiger partial charge in [0.05, 0.1) is 0 Å². The number of hydrogen-bond acceptors (Lipinski definition) is 2. The number of piperidine rings is 1. The zero-order valence-electron chi connectivity index (χ0n) is 10.5. The van der Waals surface area contributed by atoms with Gasteiger partial charge in [0.25, 0.3) is 0 Å². The van der Waals surface area contributed by atoms with Crippen LogP contribution in [-0.2, 0) is 11.3 Å². The van der Waals surface area contributed by atoms with Gasteiger partial charge in [-0.1, -0.05) is 28.1 Å². The van der Waals surface area contributed by atoms with Gasteiger partial charge in [-0.15, -0.1) is 0 Å². The maximum absolute atomic E-state index is 11.3. The number of benzene rings is 1. The summed E-state index contributed by atoms with van der Waals surface area (Å²) in [4.78, 5) is 13.4. The van der Waals surface area contributed by atoms with Gasteiger partial charge in [-0.05, 0) is 43.9 Å². The SMILES string of the molecule is C[C@@H]1CCC[C@H](C(=O)O)N1Cc1ccc(Br)cc1. The van der Waals surface area contributed by atoms with Crippen LogP contribution >= 0.6 is 15.9 Å². The summed E-state index contributed by atoms with van der Waals surface area (Å²) in [5.41, 5.74) is 1.17. The molecule has 98 valence electrons. The van der Waals surface area contributed by atoms with Crippen LogP contribution in [0.3, 0.4) is 0 Å². The van der Waals surface area contributed by atoms with E-state index in [9.17, 15) is 9.90 Å². The van der Waals surface area contributed by atoms with Crippen LogP contribution in [0.4, 0.5) is 0 Å². The van der Waals surface area contributed by atoms with Crippen LogP contribution in [0.1, 0.15) is 31.7 Å². The number of rotatable bonds is 3. The molecule has 1 aromatic carbocycles. The fraction of sp³-hybridized carbons (Fsp3) is 0.500. The minimum Gasteiger partial charge on any atom is -0.480 e. The Morgan fingerprint density at radius 1 is 1.39 bits per heavy atom. The Hall–Kier alpha value is -0.870. The van der Waals surface area contributed by atoms with Gasteiger partial charge in [0.1, 0.15) is 6.04 Å². The molecule has 1 aromatic rings. The molecular weight excluding hydrogens is 294 g/mol. The Morgan fingerprint density at radius 2 is 2.06 bits per heavy atom. The third kappa shape index (κ3) is 3.12. The highest BCUT2D eigenvalue weighted by Crippen LogP contribution is 2.25. The highest BCUT2D eigenvalue weighted by Gasteiger charge is 2.32. The first-order valence-corrected chi connectivity index (χ1v) is 7.10. The molecule has 18 heavy (non-hydrogen) atoms. The minimum absolute atomic E-state index is 0.336. The van der Waals surface area contributed by atoms with Crippen LogP contribution in [-0.4, -0.2) is 28.1 Å². The molecule has 4 heteroatoms. The number of carbonyl (C=O) groups is 1. The van der Waals surface area contributed by atoms with Gasteiger partial charge in [0.2, 0.25) is 0 Å². The molecule has 3 nitrogen and oxygen atoms in total. The summed E-state index contributed by atoms with van der Waals surface area (Å²) in [6, 6.07) is 8.09. The topological polar surface area (TPSA) is 40.5 Å². The van der Waals surface area contributed by atoms with Crippen molar-refractivity contribution in [2.24, 2.45) is 0 Å². The lowest BCUT2D eigenvalue weighted by Gasteiger charge is -2.38. The average Bonchev–Trinajstić information content (AvgIpc) is 2.34. The highest BCUT2D eigenvalue weighted by atomic mass is 79.9. The largest absolute Gasteiger partial charge is 0.480 e. The predicted octanol–water partition coefficient (Wildman–Crippen LogP) is 3.28. The standard InChI is InChI=1S/C14H18BrNO2/c1-10-3-2-4-13(14(17)18)16(10)9-11-5-7-12(15)8-6-11/h5-8,10,13H,2-4,9H2,1H3,(H,17,18)/t10-,13-/m1/s1. The lowest BCUT2D eigenvalue weighted by Crippen LogP contribution is -2.48. The summed E-state index contributed by atoms with van der Waals surface area (Å²) in [6.07, 6.45) is 2.85. The van der Waals surface area contributed by atoms with Crippen molar-refractivity contribution in [2.45, 2.75) is 44.8 Å². The molecule has 0 amide bonds. The molecule has 0 bridgehead atoms. The molecule has 2 rings (SSSR count). The first-order chi connectivity index (χ1) is 8.58. The molecule has 2 atom stereocenters. The van der Waals surface area contributed by atoms with E-state index in [0.717, 1.165) is 23.7 Å². The van der Waals surface area contributed by atoms with Crippen LogP contribution < -0.4 is 0 Å². The van der Waals surface area contributed by atoms with E-state index in [0.29, 0.717) is 12.6 Å². The summed E-state index contributed by atoms with van der Waals surface area (Å²) >= 11 is 3.41. The maximum atomic E-state index is 11.3. The average molecular weight is 312 g/mol. The smallest absolute Gasteiger partial charge is 0.320 e. The van der Waals surface area contributed by atoms with E-state index in [1.165, 1.54) is 5.56 Å². The van der Waals surface area contributed by atoms with Gasteiger partial charge in [0, 0.05) is 17.1 Å². The molecule has 1 aliphatic rings. The number of hydrogen-bond donors (Lipinski definition) is 1. The van der Waals surface area contributed by atoms with Crippen LogP contribution in [0.15, 0.2) is 28.7 Å². The monoisotopic (exact) mass is 311 g/mol. The Kier molecular flexibility index (Phi) is 4.40. The molecular formula is C14H18BrNO2. The molecule has 0 unspecified atom stereocenters. The summed E-state index contributed by atoms with van der Waals surface area (Å²) < 4.78 is 1.05. The lowest BCUT2D eigenvalue weighted by molar-refractivity contribution is -0.146. The van der Waals surface area contributed by atoms with Crippen molar-refractivity contribution in [1.82, 2.24) is 4.90 Å². The molecule has 0 saturated carbocycles. The van der Waals surface area contributed by atoms with Crippen LogP contribution in [0.5, 0.6) is 0 Å². The van der Waals surface area contributed by atoms with E-state index in [2.05, 4.69) is 27.8 Å². The van der Waals surface area contributed by atoms with E-state index >= 15 is 0 Å². The van der Waals surface area contributed by atoms with E-state index in [1.54, 1.807) is 0 Å².